The van der Waals surface area contributed by atoms with E-state index in [9.17, 15) is 0 Å². The van der Waals surface area contributed by atoms with E-state index in [4.69, 9.17) is 0 Å². The Balaban J connectivity index is 1.97. The number of allylic oxidation sites excluding steroid dienone is 1. The predicted molar refractivity (Wildman–Crippen MR) is 65.4 cm³/mol. The summed E-state index contributed by atoms with van der Waals surface area (Å²) in [6.45, 7) is 0. The van der Waals surface area contributed by atoms with Crippen LogP contribution in [-0.2, 0) is 0 Å². The Morgan fingerprint density at radius 1 is 1.06 bits per heavy atom. The summed E-state index contributed by atoms with van der Waals surface area (Å²) in [4.78, 5) is 4.54. The first-order chi connectivity index (χ1) is 7.93. The van der Waals surface area contributed by atoms with Crippen molar-refractivity contribution < 1.29 is 0 Å². The van der Waals surface area contributed by atoms with E-state index in [0.717, 1.165) is 22.0 Å². The molecule has 1 aliphatic rings. The van der Waals surface area contributed by atoms with Crippen molar-refractivity contribution in [2.45, 2.75) is 0 Å². The van der Waals surface area contributed by atoms with Crippen LogP contribution in [-0.4, -0.2) is 10.7 Å². The molecule has 0 saturated carbocycles. The number of hydrogen-bond donors (Lipinski definition) is 0. The maximum absolute atomic E-state index is 4.54. The van der Waals surface area contributed by atoms with E-state index < -0.39 is 0 Å². The van der Waals surface area contributed by atoms with Crippen LogP contribution in [0.2, 0.25) is 0 Å². The fourth-order valence-corrected chi connectivity index (χ4v) is 2.29. The van der Waals surface area contributed by atoms with Gasteiger partial charge in [0.15, 0.2) is 0 Å². The SMILES string of the molecule is C1=CC(c2csc(-c3ccccc3)n2)=N[N]1. The lowest BCUT2D eigenvalue weighted by molar-refractivity contribution is 0.971. The molecular formula is C12H8N3S. The van der Waals surface area contributed by atoms with Crippen LogP contribution in [0, 0.1) is 0 Å². The highest BCUT2D eigenvalue weighted by Crippen LogP contribution is 2.23. The first-order valence-corrected chi connectivity index (χ1v) is 5.77. The molecule has 2 heterocycles. The summed E-state index contributed by atoms with van der Waals surface area (Å²) in [5, 5.41) is 7.01. The second kappa shape index (κ2) is 3.90. The van der Waals surface area contributed by atoms with Crippen LogP contribution in [0.3, 0.4) is 0 Å². The number of hydrogen-bond acceptors (Lipinski definition) is 3. The van der Waals surface area contributed by atoms with Gasteiger partial charge in [-0.3, -0.25) is 0 Å². The lowest BCUT2D eigenvalue weighted by Gasteiger charge is -1.93. The van der Waals surface area contributed by atoms with Crippen LogP contribution in [0.25, 0.3) is 10.6 Å². The topological polar surface area (TPSA) is 39.4 Å². The van der Waals surface area contributed by atoms with E-state index in [0.29, 0.717) is 0 Å². The zero-order valence-electron chi connectivity index (χ0n) is 8.37. The highest BCUT2D eigenvalue weighted by atomic mass is 32.1. The molecule has 1 aliphatic heterocycles. The Labute approximate surface area is 97.2 Å². The molecule has 1 radical (unpaired) electrons. The molecule has 0 amide bonds. The number of nitrogens with zero attached hydrogens (tertiary/aromatic N) is 3. The monoisotopic (exact) mass is 226 g/mol. The van der Waals surface area contributed by atoms with Gasteiger partial charge in [-0.25, -0.2) is 4.98 Å². The van der Waals surface area contributed by atoms with Crippen LogP contribution >= 0.6 is 11.3 Å². The Morgan fingerprint density at radius 2 is 1.94 bits per heavy atom. The summed E-state index contributed by atoms with van der Waals surface area (Å²) in [6.07, 6.45) is 3.54. The molecule has 4 heteroatoms. The van der Waals surface area contributed by atoms with Gasteiger partial charge in [0, 0.05) is 10.9 Å². The third kappa shape index (κ3) is 1.63. The summed E-state index contributed by atoms with van der Waals surface area (Å²) < 4.78 is 0. The van der Waals surface area contributed by atoms with Gasteiger partial charge < -0.3 is 0 Å². The molecule has 77 valence electrons. The van der Waals surface area contributed by atoms with Crippen molar-refractivity contribution in [3.05, 3.63) is 53.7 Å². The van der Waals surface area contributed by atoms with Gasteiger partial charge in [-0.1, -0.05) is 30.3 Å². The lowest BCUT2D eigenvalue weighted by Crippen LogP contribution is -1.94. The minimum atomic E-state index is 0.832. The number of benzene rings is 1. The van der Waals surface area contributed by atoms with Crippen LogP contribution < -0.4 is 5.43 Å². The molecule has 0 atom stereocenters. The second-order valence-electron chi connectivity index (χ2n) is 3.32. The molecule has 1 aromatic carbocycles. The molecule has 16 heavy (non-hydrogen) atoms. The fourth-order valence-electron chi connectivity index (χ4n) is 1.47. The molecule has 0 unspecified atom stereocenters. The molecule has 1 aromatic heterocycles. The fraction of sp³-hybridized carbons (Fsp3) is 0. The molecule has 0 saturated heterocycles. The highest BCUT2D eigenvalue weighted by molar-refractivity contribution is 7.13. The molecule has 2 aromatic rings. The van der Waals surface area contributed by atoms with Gasteiger partial charge in [0.1, 0.15) is 16.4 Å². The Morgan fingerprint density at radius 3 is 2.69 bits per heavy atom. The largest absolute Gasteiger partial charge is 0.234 e. The van der Waals surface area contributed by atoms with Crippen molar-refractivity contribution in [2.24, 2.45) is 5.10 Å². The number of aromatic nitrogens is 1. The van der Waals surface area contributed by atoms with E-state index in [1.54, 1.807) is 17.5 Å². The molecule has 3 nitrogen and oxygen atoms in total. The van der Waals surface area contributed by atoms with Crippen LogP contribution in [0.15, 0.2) is 53.1 Å². The van der Waals surface area contributed by atoms with Gasteiger partial charge >= 0.3 is 0 Å². The molecule has 0 bridgehead atoms. The Bertz CT molecular complexity index is 555. The van der Waals surface area contributed by atoms with Crippen molar-refractivity contribution in [3.8, 4) is 10.6 Å². The molecule has 0 fully saturated rings. The maximum Gasteiger partial charge on any atom is 0.124 e. The molecule has 0 aliphatic carbocycles. The van der Waals surface area contributed by atoms with Gasteiger partial charge in [-0.15, -0.1) is 16.4 Å². The molecule has 0 spiro atoms. The van der Waals surface area contributed by atoms with E-state index >= 15 is 0 Å². The zero-order chi connectivity index (χ0) is 10.8. The van der Waals surface area contributed by atoms with Crippen molar-refractivity contribution in [1.82, 2.24) is 10.4 Å². The molecule has 0 N–H and O–H groups in total. The van der Waals surface area contributed by atoms with Crippen LogP contribution in [0.1, 0.15) is 5.69 Å². The van der Waals surface area contributed by atoms with Crippen molar-refractivity contribution in [2.75, 3.05) is 0 Å². The zero-order valence-corrected chi connectivity index (χ0v) is 9.19. The van der Waals surface area contributed by atoms with E-state index in [1.165, 1.54) is 0 Å². The summed E-state index contributed by atoms with van der Waals surface area (Å²) in [5.41, 5.74) is 6.65. The third-order valence-electron chi connectivity index (χ3n) is 2.25. The van der Waals surface area contributed by atoms with Crippen molar-refractivity contribution >= 4 is 17.0 Å². The van der Waals surface area contributed by atoms with E-state index in [-0.39, 0.29) is 0 Å². The van der Waals surface area contributed by atoms with Gasteiger partial charge in [0.05, 0.1) is 6.20 Å². The quantitative estimate of drug-likeness (QED) is 0.775. The average molecular weight is 226 g/mol. The Hall–Kier alpha value is -1.94. The predicted octanol–water partition coefficient (Wildman–Crippen LogP) is 2.65. The summed E-state index contributed by atoms with van der Waals surface area (Å²) in [6, 6.07) is 10.1. The van der Waals surface area contributed by atoms with Gasteiger partial charge in [0.25, 0.3) is 0 Å². The minimum absolute atomic E-state index is 0.832. The van der Waals surface area contributed by atoms with Crippen LogP contribution in [0.5, 0.6) is 0 Å². The van der Waals surface area contributed by atoms with Gasteiger partial charge in [0.2, 0.25) is 0 Å². The lowest BCUT2D eigenvalue weighted by atomic mass is 10.2. The third-order valence-corrected chi connectivity index (χ3v) is 3.14. The maximum atomic E-state index is 4.54. The smallest absolute Gasteiger partial charge is 0.124 e. The summed E-state index contributed by atoms with van der Waals surface area (Å²) >= 11 is 1.62. The molecular weight excluding hydrogens is 218 g/mol. The van der Waals surface area contributed by atoms with E-state index in [2.05, 4.69) is 27.6 Å². The van der Waals surface area contributed by atoms with Gasteiger partial charge in [-0.2, -0.15) is 5.43 Å². The average Bonchev–Trinajstić information content (AvgIpc) is 3.01. The number of thiazole rings is 1. The summed E-state index contributed by atoms with van der Waals surface area (Å²) in [7, 11) is 0. The van der Waals surface area contributed by atoms with Crippen LogP contribution in [0.4, 0.5) is 0 Å². The summed E-state index contributed by atoms with van der Waals surface area (Å²) in [5.74, 6) is 0. The minimum Gasteiger partial charge on any atom is -0.234 e. The number of rotatable bonds is 2. The highest BCUT2D eigenvalue weighted by Gasteiger charge is 2.10. The first kappa shape index (κ1) is 9.30. The van der Waals surface area contributed by atoms with Crippen molar-refractivity contribution in [1.29, 1.82) is 0 Å². The standard InChI is InChI=1S/C12H8N3S/c1-2-4-9(5-3-1)12-14-11(8-16-12)10-6-7-13-15-10/h1-8H. The Kier molecular flexibility index (Phi) is 2.27. The molecule has 3 rings (SSSR count). The normalized spacial score (nSPS) is 13.6. The van der Waals surface area contributed by atoms with E-state index in [1.807, 2.05) is 29.7 Å². The first-order valence-electron chi connectivity index (χ1n) is 4.89. The van der Waals surface area contributed by atoms with Crippen molar-refractivity contribution in [3.63, 3.8) is 0 Å². The second-order valence-corrected chi connectivity index (χ2v) is 4.18. The van der Waals surface area contributed by atoms with Gasteiger partial charge in [-0.05, 0) is 6.08 Å².